The van der Waals surface area contributed by atoms with Gasteiger partial charge in [0.25, 0.3) is 5.69 Å². The second kappa shape index (κ2) is 22.0. The normalized spacial score (nSPS) is 18.7. The third-order valence-corrected chi connectivity index (χ3v) is 10.7. The zero-order chi connectivity index (χ0) is 41.4. The van der Waals surface area contributed by atoms with Gasteiger partial charge in [-0.25, -0.2) is 0 Å². The average molecular weight is 799 g/mol. The molecule has 15 nitrogen and oxygen atoms in total. The van der Waals surface area contributed by atoms with E-state index in [1.807, 2.05) is 51.2 Å². The van der Waals surface area contributed by atoms with Crippen molar-refractivity contribution in [2.24, 2.45) is 38.0 Å². The smallest absolute Gasteiger partial charge is 0.296 e. The van der Waals surface area contributed by atoms with Crippen LogP contribution in [0, 0.1) is 35.8 Å². The highest BCUT2D eigenvalue weighted by molar-refractivity contribution is 5.75. The van der Waals surface area contributed by atoms with Gasteiger partial charge < -0.3 is 34.9 Å². The molecule has 1 aliphatic carbocycles. The Morgan fingerprint density at radius 3 is 2.47 bits per heavy atom. The fourth-order valence-corrected chi connectivity index (χ4v) is 6.99. The first kappa shape index (κ1) is 43.9. The molecule has 1 saturated carbocycles. The Morgan fingerprint density at radius 2 is 1.76 bits per heavy atom. The molecule has 1 amide bonds. The summed E-state index contributed by atoms with van der Waals surface area (Å²) >= 11 is 0. The van der Waals surface area contributed by atoms with Gasteiger partial charge in [0.05, 0.1) is 49.3 Å². The van der Waals surface area contributed by atoms with Crippen molar-refractivity contribution in [1.82, 2.24) is 5.32 Å². The molecule has 0 radical (unpaired) electrons. The molecule has 3 aromatic rings. The SMILES string of the molecule is C/C=C(\N)COCC1CC(C2CCC2)CC(OCCCNC(=O)CCCN(C)c2ccc(/N=N/c3cc(C)c(/N=N/c4ccc(C)cc4[N+](=O)[O-])cc3OC)cc2)O1. The Labute approximate surface area is 341 Å². The third kappa shape index (κ3) is 13.1. The Balaban J connectivity index is 1.01. The summed E-state index contributed by atoms with van der Waals surface area (Å²) in [7, 11) is 3.52. The molecular weight excluding hydrogens is 741 g/mol. The molecule has 3 N–H and O–H groups in total. The van der Waals surface area contributed by atoms with Gasteiger partial charge in [-0.05, 0) is 99.4 Å². The van der Waals surface area contributed by atoms with Crippen LogP contribution in [0.3, 0.4) is 0 Å². The first-order valence-corrected chi connectivity index (χ1v) is 20.1. The monoisotopic (exact) mass is 798 g/mol. The minimum atomic E-state index is -0.473. The van der Waals surface area contributed by atoms with E-state index in [0.717, 1.165) is 47.7 Å². The van der Waals surface area contributed by atoms with Crippen LogP contribution in [-0.4, -0.2) is 70.3 Å². The molecule has 312 valence electrons. The van der Waals surface area contributed by atoms with Crippen LogP contribution in [0.1, 0.15) is 69.4 Å². The molecule has 0 aromatic heterocycles. The van der Waals surface area contributed by atoms with Gasteiger partial charge in [-0.2, -0.15) is 5.11 Å². The van der Waals surface area contributed by atoms with Gasteiger partial charge >= 0.3 is 0 Å². The summed E-state index contributed by atoms with van der Waals surface area (Å²) < 4.78 is 23.7. The fourth-order valence-electron chi connectivity index (χ4n) is 6.99. The van der Waals surface area contributed by atoms with Crippen LogP contribution in [0.5, 0.6) is 5.75 Å². The van der Waals surface area contributed by atoms with E-state index >= 15 is 0 Å². The van der Waals surface area contributed by atoms with E-state index in [0.29, 0.717) is 74.5 Å². The lowest BCUT2D eigenvalue weighted by molar-refractivity contribution is -0.384. The number of ether oxygens (including phenoxy) is 4. The molecule has 1 heterocycles. The van der Waals surface area contributed by atoms with E-state index in [9.17, 15) is 14.9 Å². The first-order valence-electron chi connectivity index (χ1n) is 20.1. The molecule has 3 unspecified atom stereocenters. The van der Waals surface area contributed by atoms with Gasteiger partial charge in [0.1, 0.15) is 11.4 Å². The molecule has 58 heavy (non-hydrogen) atoms. The first-order chi connectivity index (χ1) is 28.0. The molecule has 15 heteroatoms. The molecular formula is C43H58N8O7. The van der Waals surface area contributed by atoms with Gasteiger partial charge in [0.15, 0.2) is 12.0 Å². The summed E-state index contributed by atoms with van der Waals surface area (Å²) in [5.41, 5.74) is 10.8. The van der Waals surface area contributed by atoms with E-state index in [4.69, 9.17) is 24.7 Å². The van der Waals surface area contributed by atoms with Crippen LogP contribution in [0.15, 0.2) is 86.8 Å². The van der Waals surface area contributed by atoms with Crippen molar-refractivity contribution >= 4 is 40.0 Å². The molecule has 3 atom stereocenters. The number of nitrogens with zero attached hydrogens (tertiary/aromatic N) is 6. The maximum atomic E-state index is 12.6. The number of hydrogen-bond donors (Lipinski definition) is 2. The van der Waals surface area contributed by atoms with Crippen molar-refractivity contribution < 1.29 is 28.7 Å². The molecule has 2 aliphatic rings. The highest BCUT2D eigenvalue weighted by Gasteiger charge is 2.36. The highest BCUT2D eigenvalue weighted by atomic mass is 16.7. The van der Waals surface area contributed by atoms with Crippen molar-refractivity contribution in [1.29, 1.82) is 0 Å². The average Bonchev–Trinajstić information content (AvgIpc) is 3.19. The topological polar surface area (TPSA) is 188 Å². The zero-order valence-electron chi connectivity index (χ0n) is 34.4. The summed E-state index contributed by atoms with van der Waals surface area (Å²) in [6.07, 6.45) is 9.28. The molecule has 0 bridgehead atoms. The number of carbonyl (C=O) groups excluding carboxylic acids is 1. The van der Waals surface area contributed by atoms with Crippen LogP contribution in [0.4, 0.5) is 34.1 Å². The van der Waals surface area contributed by atoms with Crippen molar-refractivity contribution in [2.45, 2.75) is 84.5 Å². The Hall–Kier alpha value is -5.25. The zero-order valence-corrected chi connectivity index (χ0v) is 34.4. The molecule has 2 fully saturated rings. The van der Waals surface area contributed by atoms with Crippen LogP contribution in [0.25, 0.3) is 0 Å². The number of nitrogens with one attached hydrogen (secondary N) is 1. The van der Waals surface area contributed by atoms with Crippen molar-refractivity contribution in [3.8, 4) is 5.75 Å². The van der Waals surface area contributed by atoms with Crippen molar-refractivity contribution in [3.63, 3.8) is 0 Å². The summed E-state index contributed by atoms with van der Waals surface area (Å²) in [5, 5.41) is 31.7. The number of azo groups is 2. The van der Waals surface area contributed by atoms with Crippen molar-refractivity contribution in [2.75, 3.05) is 52.0 Å². The summed E-state index contributed by atoms with van der Waals surface area (Å²) in [6, 6.07) is 15.9. The summed E-state index contributed by atoms with van der Waals surface area (Å²) in [6.45, 7) is 8.24. The van der Waals surface area contributed by atoms with Gasteiger partial charge in [-0.3, -0.25) is 14.9 Å². The van der Waals surface area contributed by atoms with E-state index in [1.54, 1.807) is 31.2 Å². The Bertz CT molecular complexity index is 1920. The number of rotatable bonds is 21. The van der Waals surface area contributed by atoms with Gasteiger partial charge in [0.2, 0.25) is 5.91 Å². The largest absolute Gasteiger partial charge is 0.494 e. The van der Waals surface area contributed by atoms with Gasteiger partial charge in [-0.1, -0.05) is 31.4 Å². The summed E-state index contributed by atoms with van der Waals surface area (Å²) in [5.74, 6) is 1.81. The number of allylic oxidation sites excluding steroid dienone is 1. The van der Waals surface area contributed by atoms with Crippen LogP contribution < -0.4 is 20.7 Å². The number of methoxy groups -OCH3 is 1. The van der Waals surface area contributed by atoms with E-state index in [2.05, 4.69) is 30.7 Å². The van der Waals surface area contributed by atoms with E-state index < -0.39 is 4.92 Å². The minimum absolute atomic E-state index is 0.00746. The van der Waals surface area contributed by atoms with Crippen LogP contribution in [0.2, 0.25) is 0 Å². The Morgan fingerprint density at radius 1 is 1.00 bits per heavy atom. The maximum Gasteiger partial charge on any atom is 0.296 e. The minimum Gasteiger partial charge on any atom is -0.494 e. The predicted molar refractivity (Wildman–Crippen MR) is 224 cm³/mol. The lowest BCUT2D eigenvalue weighted by atomic mass is 9.71. The number of carbonyl (C=O) groups is 1. The number of nitrogens with two attached hydrogens (primary N) is 1. The molecule has 1 aliphatic heterocycles. The lowest BCUT2D eigenvalue weighted by Crippen LogP contribution is -2.41. The number of aryl methyl sites for hydroxylation is 2. The second-order valence-electron chi connectivity index (χ2n) is 15.1. The lowest BCUT2D eigenvalue weighted by Gasteiger charge is -2.42. The van der Waals surface area contributed by atoms with Gasteiger partial charge in [-0.15, -0.1) is 15.3 Å². The highest BCUT2D eigenvalue weighted by Crippen LogP contribution is 2.42. The number of hydrogen-bond acceptors (Lipinski definition) is 13. The number of benzene rings is 3. The number of nitro groups is 1. The second-order valence-corrected chi connectivity index (χ2v) is 15.1. The quantitative estimate of drug-likeness (QED) is 0.0458. The maximum absolute atomic E-state index is 12.6. The van der Waals surface area contributed by atoms with E-state index in [1.165, 1.54) is 32.4 Å². The number of nitro benzene ring substituents is 1. The van der Waals surface area contributed by atoms with E-state index in [-0.39, 0.29) is 29.7 Å². The predicted octanol–water partition coefficient (Wildman–Crippen LogP) is 9.59. The van der Waals surface area contributed by atoms with Crippen LogP contribution in [-0.2, 0) is 19.0 Å². The van der Waals surface area contributed by atoms with Crippen molar-refractivity contribution in [3.05, 3.63) is 87.6 Å². The van der Waals surface area contributed by atoms with Gasteiger partial charge in [0, 0.05) is 56.5 Å². The molecule has 3 aromatic carbocycles. The molecule has 1 saturated heterocycles. The standard InChI is InChI=1S/C43H58N8O7/c1-6-33(44)27-56-28-36-24-32(31-10-7-11-31)25-43(58-36)57-21-9-19-45-42(52)12-8-20-50(4)35-16-14-34(15-17-35)46-49-39-23-30(3)38(26-41(39)55-5)48-47-37-18-13-29(2)22-40(37)51(53)54/h6,13-18,22-23,26,31-32,36,43H,7-12,19-21,24-25,27-28,44H2,1-5H3,(H,45,52)/b33-6-,48-47+,49-46+. The number of amides is 1. The fraction of sp³-hybridized carbons (Fsp3) is 0.512. The van der Waals surface area contributed by atoms with Crippen LogP contribution >= 0.6 is 0 Å². The summed E-state index contributed by atoms with van der Waals surface area (Å²) in [4.78, 5) is 25.7. The number of anilines is 1. The molecule has 5 rings (SSSR count). The third-order valence-electron chi connectivity index (χ3n) is 10.7. The Kier molecular flexibility index (Phi) is 16.7. The molecule has 0 spiro atoms.